The minimum absolute atomic E-state index is 0.226. The van der Waals surface area contributed by atoms with Crippen molar-refractivity contribution in [1.82, 2.24) is 15.1 Å². The standard InChI is InChI=1S/C14H14F3N3O/c1-10(11-5-3-2-4-6-11)18-13(21)9-20-8-7-12(19-20)14(15,16)17/h2-8,10H,9H2,1H3,(H,18,21)/t10-/m0/s1. The molecule has 1 aromatic carbocycles. The topological polar surface area (TPSA) is 46.9 Å². The van der Waals surface area contributed by atoms with E-state index < -0.39 is 17.8 Å². The molecule has 0 bridgehead atoms. The zero-order valence-corrected chi connectivity index (χ0v) is 11.3. The third-order valence-corrected chi connectivity index (χ3v) is 2.91. The number of rotatable bonds is 4. The first kappa shape index (κ1) is 15.1. The molecule has 2 aromatic rings. The average molecular weight is 297 g/mol. The fraction of sp³-hybridized carbons (Fsp3) is 0.286. The smallest absolute Gasteiger partial charge is 0.348 e. The number of carbonyl (C=O) groups is 1. The third-order valence-electron chi connectivity index (χ3n) is 2.91. The van der Waals surface area contributed by atoms with Gasteiger partial charge in [-0.2, -0.15) is 18.3 Å². The van der Waals surface area contributed by atoms with Crippen LogP contribution >= 0.6 is 0 Å². The van der Waals surface area contributed by atoms with Crippen molar-refractivity contribution in [2.75, 3.05) is 0 Å². The van der Waals surface area contributed by atoms with Gasteiger partial charge in [-0.25, -0.2) is 0 Å². The molecule has 1 aromatic heterocycles. The van der Waals surface area contributed by atoms with Crippen molar-refractivity contribution in [3.05, 3.63) is 53.9 Å². The Morgan fingerprint density at radius 1 is 1.29 bits per heavy atom. The highest BCUT2D eigenvalue weighted by molar-refractivity contribution is 5.76. The van der Waals surface area contributed by atoms with Gasteiger partial charge >= 0.3 is 6.18 Å². The van der Waals surface area contributed by atoms with E-state index in [-0.39, 0.29) is 12.6 Å². The van der Waals surface area contributed by atoms with E-state index in [0.717, 1.165) is 22.5 Å². The van der Waals surface area contributed by atoms with E-state index >= 15 is 0 Å². The fourth-order valence-electron chi connectivity index (χ4n) is 1.86. The molecule has 1 amide bonds. The van der Waals surface area contributed by atoms with Gasteiger partial charge in [0, 0.05) is 6.20 Å². The highest BCUT2D eigenvalue weighted by atomic mass is 19.4. The summed E-state index contributed by atoms with van der Waals surface area (Å²) in [6.07, 6.45) is -3.37. The first-order valence-electron chi connectivity index (χ1n) is 6.31. The Morgan fingerprint density at radius 3 is 2.52 bits per heavy atom. The van der Waals surface area contributed by atoms with Crippen LogP contribution in [0.5, 0.6) is 0 Å². The number of amides is 1. The lowest BCUT2D eigenvalue weighted by atomic mass is 10.1. The van der Waals surface area contributed by atoms with Crippen LogP contribution in [0.3, 0.4) is 0 Å². The molecule has 0 saturated carbocycles. The van der Waals surface area contributed by atoms with Crippen LogP contribution < -0.4 is 5.32 Å². The monoisotopic (exact) mass is 297 g/mol. The van der Waals surface area contributed by atoms with Crippen molar-refractivity contribution in [2.24, 2.45) is 0 Å². The minimum Gasteiger partial charge on any atom is -0.348 e. The molecule has 0 radical (unpaired) electrons. The van der Waals surface area contributed by atoms with Gasteiger partial charge in [0.2, 0.25) is 5.91 Å². The van der Waals surface area contributed by atoms with E-state index in [2.05, 4.69) is 10.4 Å². The Labute approximate surface area is 119 Å². The van der Waals surface area contributed by atoms with Gasteiger partial charge in [-0.1, -0.05) is 30.3 Å². The van der Waals surface area contributed by atoms with Crippen molar-refractivity contribution >= 4 is 5.91 Å². The second kappa shape index (κ2) is 5.99. The largest absolute Gasteiger partial charge is 0.435 e. The molecule has 7 heteroatoms. The van der Waals surface area contributed by atoms with Crippen LogP contribution in [0.15, 0.2) is 42.6 Å². The lowest BCUT2D eigenvalue weighted by molar-refractivity contribution is -0.141. The second-order valence-electron chi connectivity index (χ2n) is 4.60. The molecular weight excluding hydrogens is 283 g/mol. The van der Waals surface area contributed by atoms with E-state index in [4.69, 9.17) is 0 Å². The van der Waals surface area contributed by atoms with Gasteiger partial charge in [-0.05, 0) is 18.6 Å². The van der Waals surface area contributed by atoms with Crippen LogP contribution in [-0.2, 0) is 17.5 Å². The van der Waals surface area contributed by atoms with Gasteiger partial charge in [-0.3, -0.25) is 9.48 Å². The molecule has 0 spiro atoms. The molecule has 21 heavy (non-hydrogen) atoms. The Bertz CT molecular complexity index is 607. The van der Waals surface area contributed by atoms with Crippen LogP contribution in [0.2, 0.25) is 0 Å². The molecule has 2 rings (SSSR count). The van der Waals surface area contributed by atoms with E-state index in [1.807, 2.05) is 30.3 Å². The van der Waals surface area contributed by atoms with Crippen LogP contribution in [0.1, 0.15) is 24.2 Å². The number of alkyl halides is 3. The molecule has 0 aliphatic heterocycles. The average Bonchev–Trinajstić information content (AvgIpc) is 2.88. The maximum Gasteiger partial charge on any atom is 0.435 e. The summed E-state index contributed by atoms with van der Waals surface area (Å²) in [6, 6.07) is 9.90. The predicted octanol–water partition coefficient (Wildman–Crippen LogP) is 2.78. The molecule has 4 nitrogen and oxygen atoms in total. The van der Waals surface area contributed by atoms with Gasteiger partial charge < -0.3 is 5.32 Å². The van der Waals surface area contributed by atoms with Crippen molar-refractivity contribution in [3.63, 3.8) is 0 Å². The van der Waals surface area contributed by atoms with Crippen molar-refractivity contribution in [3.8, 4) is 0 Å². The summed E-state index contributed by atoms with van der Waals surface area (Å²) in [7, 11) is 0. The molecule has 1 atom stereocenters. The van der Waals surface area contributed by atoms with Crippen LogP contribution in [-0.4, -0.2) is 15.7 Å². The van der Waals surface area contributed by atoms with Gasteiger partial charge in [0.1, 0.15) is 6.54 Å². The van der Waals surface area contributed by atoms with Crippen molar-refractivity contribution < 1.29 is 18.0 Å². The Hall–Kier alpha value is -2.31. The number of aromatic nitrogens is 2. The number of benzene rings is 1. The summed E-state index contributed by atoms with van der Waals surface area (Å²) in [4.78, 5) is 11.8. The number of halogens is 3. The zero-order valence-electron chi connectivity index (χ0n) is 11.3. The van der Waals surface area contributed by atoms with Crippen molar-refractivity contribution in [1.29, 1.82) is 0 Å². The maximum atomic E-state index is 12.4. The number of nitrogens with one attached hydrogen (secondary N) is 1. The summed E-state index contributed by atoms with van der Waals surface area (Å²) in [5.74, 6) is -0.400. The summed E-state index contributed by atoms with van der Waals surface area (Å²) in [5, 5.41) is 6.04. The summed E-state index contributed by atoms with van der Waals surface area (Å²) < 4.78 is 38.1. The number of carbonyl (C=O) groups excluding carboxylic acids is 1. The fourth-order valence-corrected chi connectivity index (χ4v) is 1.86. The summed E-state index contributed by atoms with van der Waals surface area (Å²) in [6.45, 7) is 1.55. The van der Waals surface area contributed by atoms with E-state index in [1.165, 1.54) is 0 Å². The molecule has 0 saturated heterocycles. The minimum atomic E-state index is -4.50. The van der Waals surface area contributed by atoms with Gasteiger partial charge in [0.25, 0.3) is 0 Å². The zero-order chi connectivity index (χ0) is 15.5. The molecule has 1 heterocycles. The Morgan fingerprint density at radius 2 is 1.95 bits per heavy atom. The predicted molar refractivity (Wildman–Crippen MR) is 70.2 cm³/mol. The molecule has 112 valence electrons. The molecular formula is C14H14F3N3O. The van der Waals surface area contributed by atoms with Gasteiger partial charge in [-0.15, -0.1) is 0 Å². The van der Waals surface area contributed by atoms with Crippen LogP contribution in [0, 0.1) is 0 Å². The van der Waals surface area contributed by atoms with Crippen LogP contribution in [0.4, 0.5) is 13.2 Å². The quantitative estimate of drug-likeness (QED) is 0.943. The van der Waals surface area contributed by atoms with Gasteiger partial charge in [0.15, 0.2) is 5.69 Å². The molecule has 1 N–H and O–H groups in total. The lowest BCUT2D eigenvalue weighted by Gasteiger charge is -2.14. The lowest BCUT2D eigenvalue weighted by Crippen LogP contribution is -2.30. The number of hydrogen-bond donors (Lipinski definition) is 1. The van der Waals surface area contributed by atoms with E-state index in [0.29, 0.717) is 0 Å². The summed E-state index contributed by atoms with van der Waals surface area (Å²) >= 11 is 0. The van der Waals surface area contributed by atoms with Crippen molar-refractivity contribution in [2.45, 2.75) is 25.7 Å². The molecule has 0 aliphatic carbocycles. The summed E-state index contributed by atoms with van der Waals surface area (Å²) in [5.41, 5.74) is -0.0892. The van der Waals surface area contributed by atoms with E-state index in [9.17, 15) is 18.0 Å². The Balaban J connectivity index is 1.94. The number of nitrogens with zero attached hydrogens (tertiary/aromatic N) is 2. The first-order valence-corrected chi connectivity index (χ1v) is 6.31. The maximum absolute atomic E-state index is 12.4. The number of hydrogen-bond acceptors (Lipinski definition) is 2. The molecule has 0 aliphatic rings. The first-order chi connectivity index (χ1) is 9.86. The third kappa shape index (κ3) is 4.08. The normalized spacial score (nSPS) is 13.0. The highest BCUT2D eigenvalue weighted by Gasteiger charge is 2.33. The molecule has 0 unspecified atom stereocenters. The Kier molecular flexibility index (Phi) is 4.30. The van der Waals surface area contributed by atoms with E-state index in [1.54, 1.807) is 6.92 Å². The van der Waals surface area contributed by atoms with Gasteiger partial charge in [0.05, 0.1) is 6.04 Å². The second-order valence-corrected chi connectivity index (χ2v) is 4.60. The highest BCUT2D eigenvalue weighted by Crippen LogP contribution is 2.27. The van der Waals surface area contributed by atoms with Crippen LogP contribution in [0.25, 0.3) is 0 Å². The molecule has 0 fully saturated rings. The SMILES string of the molecule is C[C@H](NC(=O)Cn1ccc(C(F)(F)F)n1)c1ccccc1.